The Hall–Kier alpha value is -0.270. The monoisotopic (exact) mass is 366 g/mol. The molecule has 1 saturated heterocycles. The van der Waals surface area contributed by atoms with Crippen molar-refractivity contribution in [3.05, 3.63) is 33.4 Å². The van der Waals surface area contributed by atoms with Crippen LogP contribution in [0.1, 0.15) is 18.0 Å². The maximum Gasteiger partial charge on any atom is 0.240 e. The van der Waals surface area contributed by atoms with E-state index < -0.39 is 6.43 Å². The molecular weight excluding hydrogens is 349 g/mol. The highest BCUT2D eigenvalue weighted by molar-refractivity contribution is 14.1. The summed E-state index contributed by atoms with van der Waals surface area (Å²) in [6.07, 6.45) is -2.34. The van der Waals surface area contributed by atoms with E-state index in [-0.39, 0.29) is 12.5 Å². The Bertz CT molecular complexity index is 364. The van der Waals surface area contributed by atoms with Crippen molar-refractivity contribution < 1.29 is 8.78 Å². The van der Waals surface area contributed by atoms with E-state index in [0.717, 1.165) is 35.3 Å². The van der Waals surface area contributed by atoms with Crippen molar-refractivity contribution >= 4 is 22.6 Å². The lowest BCUT2D eigenvalue weighted by Crippen LogP contribution is -2.45. The van der Waals surface area contributed by atoms with Gasteiger partial charge in [-0.1, -0.05) is 12.1 Å². The summed E-state index contributed by atoms with van der Waals surface area (Å²) >= 11 is 2.23. The van der Waals surface area contributed by atoms with Gasteiger partial charge in [0.15, 0.2) is 0 Å². The van der Waals surface area contributed by atoms with Crippen LogP contribution in [0.25, 0.3) is 0 Å². The Labute approximate surface area is 120 Å². The van der Waals surface area contributed by atoms with Gasteiger partial charge in [0, 0.05) is 42.2 Å². The SMILES string of the molecule is FC(F)C[C@@H](c1ccc(I)cc1)N1CCNCC1. The van der Waals surface area contributed by atoms with E-state index in [1.54, 1.807) is 0 Å². The largest absolute Gasteiger partial charge is 0.314 e. The molecule has 100 valence electrons. The topological polar surface area (TPSA) is 15.3 Å². The van der Waals surface area contributed by atoms with Crippen LogP contribution in [0.5, 0.6) is 0 Å². The van der Waals surface area contributed by atoms with Crippen LogP contribution >= 0.6 is 22.6 Å². The number of hydrogen-bond acceptors (Lipinski definition) is 2. The fourth-order valence-corrected chi connectivity index (χ4v) is 2.70. The third-order valence-electron chi connectivity index (χ3n) is 3.25. The maximum absolute atomic E-state index is 12.8. The lowest BCUT2D eigenvalue weighted by atomic mass is 10.0. The zero-order valence-electron chi connectivity index (χ0n) is 10.1. The van der Waals surface area contributed by atoms with Crippen molar-refractivity contribution in [3.63, 3.8) is 0 Å². The number of nitrogens with one attached hydrogen (secondary N) is 1. The van der Waals surface area contributed by atoms with Crippen molar-refractivity contribution in [3.8, 4) is 0 Å². The van der Waals surface area contributed by atoms with Gasteiger partial charge in [-0.25, -0.2) is 8.78 Å². The molecule has 2 nitrogen and oxygen atoms in total. The summed E-state index contributed by atoms with van der Waals surface area (Å²) in [5.41, 5.74) is 0.998. The molecule has 18 heavy (non-hydrogen) atoms. The van der Waals surface area contributed by atoms with Gasteiger partial charge in [-0.2, -0.15) is 0 Å². The lowest BCUT2D eigenvalue weighted by Gasteiger charge is -2.35. The standard InChI is InChI=1S/C13H17F2IN2/c14-13(15)9-12(18-7-5-17-6-8-18)10-1-3-11(16)4-2-10/h1-4,12-13,17H,5-9H2/t12-/m0/s1. The van der Waals surface area contributed by atoms with Crippen LogP contribution < -0.4 is 5.32 Å². The van der Waals surface area contributed by atoms with E-state index in [2.05, 4.69) is 32.8 Å². The van der Waals surface area contributed by atoms with Gasteiger partial charge in [0.2, 0.25) is 6.43 Å². The summed E-state index contributed by atoms with van der Waals surface area (Å²) < 4.78 is 26.7. The van der Waals surface area contributed by atoms with Crippen molar-refractivity contribution in [2.75, 3.05) is 26.2 Å². The molecule has 1 aliphatic rings. The Morgan fingerprint density at radius 3 is 2.33 bits per heavy atom. The number of halogens is 3. The third kappa shape index (κ3) is 3.86. The van der Waals surface area contributed by atoms with E-state index in [1.165, 1.54) is 0 Å². The number of benzene rings is 1. The summed E-state index contributed by atoms with van der Waals surface area (Å²) in [6.45, 7) is 3.43. The zero-order chi connectivity index (χ0) is 13.0. The average Bonchev–Trinajstić information content (AvgIpc) is 2.38. The van der Waals surface area contributed by atoms with Crippen molar-refractivity contribution in [2.45, 2.75) is 18.9 Å². The third-order valence-corrected chi connectivity index (χ3v) is 3.97. The molecule has 0 spiro atoms. The number of hydrogen-bond donors (Lipinski definition) is 1. The van der Waals surface area contributed by atoms with Crippen molar-refractivity contribution in [1.29, 1.82) is 0 Å². The van der Waals surface area contributed by atoms with Gasteiger partial charge < -0.3 is 5.32 Å². The molecule has 1 atom stereocenters. The fraction of sp³-hybridized carbons (Fsp3) is 0.538. The molecule has 0 bridgehead atoms. The van der Waals surface area contributed by atoms with E-state index in [0.29, 0.717) is 0 Å². The van der Waals surface area contributed by atoms with E-state index in [9.17, 15) is 8.78 Å². The number of nitrogens with zero attached hydrogens (tertiary/aromatic N) is 1. The predicted octanol–water partition coefficient (Wildman–Crippen LogP) is 2.89. The van der Waals surface area contributed by atoms with Crippen LogP contribution in [0.15, 0.2) is 24.3 Å². The molecule has 1 fully saturated rings. The quantitative estimate of drug-likeness (QED) is 0.825. The minimum absolute atomic E-state index is 0.0827. The molecule has 1 heterocycles. The number of piperazine rings is 1. The van der Waals surface area contributed by atoms with E-state index >= 15 is 0 Å². The molecule has 0 aliphatic carbocycles. The first kappa shape index (κ1) is 14.1. The van der Waals surface area contributed by atoms with Gasteiger partial charge in [0.25, 0.3) is 0 Å². The Balaban J connectivity index is 2.15. The summed E-state index contributed by atoms with van der Waals surface area (Å²) in [5, 5.41) is 3.25. The van der Waals surface area contributed by atoms with E-state index in [1.807, 2.05) is 24.3 Å². The molecule has 0 unspecified atom stereocenters. The molecule has 1 aromatic carbocycles. The second kappa shape index (κ2) is 6.77. The first-order valence-corrected chi connectivity index (χ1v) is 7.23. The van der Waals surface area contributed by atoms with Crippen LogP contribution in [-0.4, -0.2) is 37.5 Å². The molecule has 1 aliphatic heterocycles. The molecule has 0 amide bonds. The molecule has 0 saturated carbocycles. The maximum atomic E-state index is 12.8. The first-order valence-electron chi connectivity index (χ1n) is 6.15. The van der Waals surface area contributed by atoms with Gasteiger partial charge in [0.05, 0.1) is 0 Å². The minimum Gasteiger partial charge on any atom is -0.314 e. The lowest BCUT2D eigenvalue weighted by molar-refractivity contribution is 0.0739. The Morgan fingerprint density at radius 1 is 1.17 bits per heavy atom. The van der Waals surface area contributed by atoms with Crippen LogP contribution in [0.3, 0.4) is 0 Å². The number of alkyl halides is 2. The molecule has 0 aromatic heterocycles. The van der Waals surface area contributed by atoms with Crippen LogP contribution in [-0.2, 0) is 0 Å². The average molecular weight is 366 g/mol. The predicted molar refractivity (Wildman–Crippen MR) is 77.0 cm³/mol. The molecule has 1 N–H and O–H groups in total. The summed E-state index contributed by atoms with van der Waals surface area (Å²) in [4.78, 5) is 2.16. The fourth-order valence-electron chi connectivity index (χ4n) is 2.34. The molecular formula is C13H17F2IN2. The highest BCUT2D eigenvalue weighted by Gasteiger charge is 2.25. The van der Waals surface area contributed by atoms with Gasteiger partial charge in [-0.3, -0.25) is 4.90 Å². The van der Waals surface area contributed by atoms with Crippen LogP contribution in [0.4, 0.5) is 8.78 Å². The normalized spacial score (nSPS) is 19.1. The summed E-state index contributed by atoms with van der Waals surface area (Å²) in [5.74, 6) is 0. The smallest absolute Gasteiger partial charge is 0.240 e. The van der Waals surface area contributed by atoms with Gasteiger partial charge >= 0.3 is 0 Å². The van der Waals surface area contributed by atoms with E-state index in [4.69, 9.17) is 0 Å². The van der Waals surface area contributed by atoms with Gasteiger partial charge in [-0.05, 0) is 40.3 Å². The summed E-state index contributed by atoms with van der Waals surface area (Å²) in [6, 6.07) is 7.74. The molecule has 2 rings (SSSR count). The van der Waals surface area contributed by atoms with Crippen molar-refractivity contribution in [2.24, 2.45) is 0 Å². The Kier molecular flexibility index (Phi) is 5.32. The first-order chi connectivity index (χ1) is 8.66. The molecule has 0 radical (unpaired) electrons. The second-order valence-electron chi connectivity index (χ2n) is 4.48. The minimum atomic E-state index is -2.26. The number of rotatable bonds is 4. The van der Waals surface area contributed by atoms with Crippen LogP contribution in [0.2, 0.25) is 0 Å². The zero-order valence-corrected chi connectivity index (χ0v) is 12.2. The molecule has 1 aromatic rings. The highest BCUT2D eigenvalue weighted by atomic mass is 127. The Morgan fingerprint density at radius 2 is 1.78 bits per heavy atom. The van der Waals surface area contributed by atoms with Gasteiger partial charge in [-0.15, -0.1) is 0 Å². The van der Waals surface area contributed by atoms with Gasteiger partial charge in [0.1, 0.15) is 0 Å². The van der Waals surface area contributed by atoms with Crippen LogP contribution in [0, 0.1) is 3.57 Å². The highest BCUT2D eigenvalue weighted by Crippen LogP contribution is 2.28. The molecule has 5 heteroatoms. The van der Waals surface area contributed by atoms with Crippen molar-refractivity contribution in [1.82, 2.24) is 10.2 Å². The summed E-state index contributed by atoms with van der Waals surface area (Å²) in [7, 11) is 0. The second-order valence-corrected chi connectivity index (χ2v) is 5.73.